The number of hydrogen-bond donors (Lipinski definition) is 0. The topological polar surface area (TPSA) is 46.5 Å². The van der Waals surface area contributed by atoms with Gasteiger partial charge in [-0.05, 0) is 12.2 Å². The Bertz CT molecular complexity index is 313. The Morgan fingerprint density at radius 1 is 1.36 bits per heavy atom. The van der Waals surface area contributed by atoms with Crippen LogP contribution in [0.3, 0.4) is 0 Å². The van der Waals surface area contributed by atoms with Gasteiger partial charge < -0.3 is 0 Å². The highest BCUT2D eigenvalue weighted by molar-refractivity contribution is 5.60. The first-order chi connectivity index (χ1) is 5.36. The Morgan fingerprint density at radius 2 is 2.18 bits per heavy atom. The van der Waals surface area contributed by atoms with E-state index in [1.807, 2.05) is 0 Å². The lowest BCUT2D eigenvalue weighted by Crippen LogP contribution is -1.85. The molecule has 0 bridgehead atoms. The maximum absolute atomic E-state index is 10.1. The summed E-state index contributed by atoms with van der Waals surface area (Å²) in [6, 6.07) is 0. The normalized spacial score (nSPS) is 14.9. The van der Waals surface area contributed by atoms with E-state index in [0.29, 0.717) is 17.7 Å². The lowest BCUT2D eigenvalue weighted by molar-refractivity contribution is 0.565. The van der Waals surface area contributed by atoms with Gasteiger partial charge in [-0.3, -0.25) is 0 Å². The summed E-state index contributed by atoms with van der Waals surface area (Å²) < 4.78 is 0. The monoisotopic (exact) mass is 147 g/mol. The molecule has 0 aromatic heterocycles. The number of aliphatic imine (C=N–C) groups is 1. The molecule has 1 aliphatic rings. The predicted octanol–water partition coefficient (Wildman–Crippen LogP) is 0.924. The second kappa shape index (κ2) is 3.47. The second-order valence-corrected chi connectivity index (χ2v) is 2.00. The molecule has 0 radical (unpaired) electrons. The maximum atomic E-state index is 10.1. The standard InChI is InChI=1S/C8H5NO2/c10-5-7-1-3-8(4-2-7)9-6-11/h1,3-4H,2H2. The van der Waals surface area contributed by atoms with Crippen molar-refractivity contribution in [2.24, 2.45) is 4.99 Å². The molecule has 0 aliphatic heterocycles. The van der Waals surface area contributed by atoms with Crippen molar-refractivity contribution >= 4 is 12.0 Å². The first-order valence-electron chi connectivity index (χ1n) is 3.07. The SMILES string of the molecule is O=C=NC1=CCC(=C=O)C=C1. The minimum atomic E-state index is 0.487. The van der Waals surface area contributed by atoms with Crippen LogP contribution < -0.4 is 0 Å². The van der Waals surface area contributed by atoms with E-state index in [9.17, 15) is 9.59 Å². The molecule has 11 heavy (non-hydrogen) atoms. The van der Waals surface area contributed by atoms with Crippen molar-refractivity contribution in [3.63, 3.8) is 0 Å². The van der Waals surface area contributed by atoms with E-state index in [1.54, 1.807) is 24.2 Å². The second-order valence-electron chi connectivity index (χ2n) is 2.00. The third kappa shape index (κ3) is 1.87. The molecule has 1 rings (SSSR count). The highest BCUT2D eigenvalue weighted by Gasteiger charge is 1.99. The van der Waals surface area contributed by atoms with Gasteiger partial charge in [0.1, 0.15) is 5.94 Å². The van der Waals surface area contributed by atoms with Crippen LogP contribution in [0.4, 0.5) is 0 Å². The third-order valence-corrected chi connectivity index (χ3v) is 1.29. The molecular formula is C8H5NO2. The van der Waals surface area contributed by atoms with E-state index in [2.05, 4.69) is 4.99 Å². The molecule has 0 heterocycles. The average Bonchev–Trinajstić information content (AvgIpc) is 2.07. The minimum absolute atomic E-state index is 0.487. The Hall–Kier alpha value is -1.69. The highest BCUT2D eigenvalue weighted by Crippen LogP contribution is 2.12. The summed E-state index contributed by atoms with van der Waals surface area (Å²) in [7, 11) is 0. The molecule has 0 N–H and O–H groups in total. The molecule has 0 amide bonds. The van der Waals surface area contributed by atoms with Gasteiger partial charge in [0, 0.05) is 12.0 Å². The summed E-state index contributed by atoms with van der Waals surface area (Å²) in [4.78, 5) is 23.2. The number of carbonyl (C=O) groups excluding carboxylic acids is 2. The zero-order valence-electron chi connectivity index (χ0n) is 5.70. The molecule has 0 aromatic rings. The lowest BCUT2D eigenvalue weighted by atomic mass is 10.1. The molecule has 0 saturated carbocycles. The highest BCUT2D eigenvalue weighted by atomic mass is 16.1. The largest absolute Gasteiger partial charge is 0.240 e. The van der Waals surface area contributed by atoms with Crippen molar-refractivity contribution in [2.45, 2.75) is 6.42 Å². The van der Waals surface area contributed by atoms with E-state index in [4.69, 9.17) is 0 Å². The smallest absolute Gasteiger partial charge is 0.233 e. The van der Waals surface area contributed by atoms with Gasteiger partial charge in [-0.2, -0.15) is 4.99 Å². The van der Waals surface area contributed by atoms with Crippen LogP contribution in [0.2, 0.25) is 0 Å². The first-order valence-corrected chi connectivity index (χ1v) is 3.07. The number of hydrogen-bond acceptors (Lipinski definition) is 3. The number of rotatable bonds is 1. The molecule has 0 unspecified atom stereocenters. The van der Waals surface area contributed by atoms with Gasteiger partial charge in [0.05, 0.1) is 5.70 Å². The van der Waals surface area contributed by atoms with Crippen LogP contribution in [0.25, 0.3) is 0 Å². The Labute approximate surface area is 63.4 Å². The molecule has 0 spiro atoms. The van der Waals surface area contributed by atoms with Gasteiger partial charge in [-0.1, -0.05) is 6.08 Å². The van der Waals surface area contributed by atoms with E-state index in [-0.39, 0.29) is 0 Å². The zero-order chi connectivity index (χ0) is 8.10. The van der Waals surface area contributed by atoms with Crippen LogP contribution in [0.15, 0.2) is 34.5 Å². The van der Waals surface area contributed by atoms with Crippen LogP contribution >= 0.6 is 0 Å². The molecule has 0 atom stereocenters. The van der Waals surface area contributed by atoms with Crippen molar-refractivity contribution in [1.29, 1.82) is 0 Å². The van der Waals surface area contributed by atoms with E-state index in [0.717, 1.165) is 0 Å². The Balaban J connectivity index is 2.82. The molecule has 1 aliphatic carbocycles. The zero-order valence-corrected chi connectivity index (χ0v) is 5.70. The van der Waals surface area contributed by atoms with E-state index in [1.165, 1.54) is 6.08 Å². The fraction of sp³-hybridized carbons (Fsp3) is 0.125. The average molecular weight is 147 g/mol. The summed E-state index contributed by atoms with van der Waals surface area (Å²) in [5, 5.41) is 0. The lowest BCUT2D eigenvalue weighted by Gasteiger charge is -1.98. The fourth-order valence-corrected chi connectivity index (χ4v) is 0.748. The van der Waals surface area contributed by atoms with Gasteiger partial charge in [0.15, 0.2) is 0 Å². The Kier molecular flexibility index (Phi) is 2.34. The Morgan fingerprint density at radius 3 is 2.64 bits per heavy atom. The van der Waals surface area contributed by atoms with E-state index >= 15 is 0 Å². The molecule has 54 valence electrons. The first kappa shape index (κ1) is 7.42. The molecule has 3 heteroatoms. The maximum Gasteiger partial charge on any atom is 0.240 e. The number of allylic oxidation sites excluding steroid dienone is 4. The fourth-order valence-electron chi connectivity index (χ4n) is 0.748. The van der Waals surface area contributed by atoms with Gasteiger partial charge in [-0.15, -0.1) is 0 Å². The third-order valence-electron chi connectivity index (χ3n) is 1.29. The molecule has 0 saturated heterocycles. The van der Waals surface area contributed by atoms with Crippen LogP contribution in [-0.4, -0.2) is 12.0 Å². The minimum Gasteiger partial charge on any atom is -0.233 e. The van der Waals surface area contributed by atoms with E-state index < -0.39 is 0 Å². The quantitative estimate of drug-likeness (QED) is 0.314. The summed E-state index contributed by atoms with van der Waals surface area (Å²) >= 11 is 0. The van der Waals surface area contributed by atoms with Crippen molar-refractivity contribution in [3.8, 4) is 0 Å². The number of nitrogens with zero attached hydrogens (tertiary/aromatic N) is 1. The molecule has 3 nitrogen and oxygen atoms in total. The van der Waals surface area contributed by atoms with Gasteiger partial charge in [0.2, 0.25) is 6.08 Å². The van der Waals surface area contributed by atoms with Crippen LogP contribution in [0.1, 0.15) is 6.42 Å². The van der Waals surface area contributed by atoms with Crippen molar-refractivity contribution in [2.75, 3.05) is 0 Å². The number of isocyanates is 1. The summed E-state index contributed by atoms with van der Waals surface area (Å²) in [5.74, 6) is 1.76. The van der Waals surface area contributed by atoms with Crippen LogP contribution in [0, 0.1) is 0 Å². The van der Waals surface area contributed by atoms with Crippen LogP contribution in [-0.2, 0) is 9.59 Å². The summed E-state index contributed by atoms with van der Waals surface area (Å²) in [6.07, 6.45) is 6.74. The predicted molar refractivity (Wildman–Crippen MR) is 39.2 cm³/mol. The van der Waals surface area contributed by atoms with Crippen molar-refractivity contribution in [3.05, 3.63) is 29.5 Å². The van der Waals surface area contributed by atoms with Crippen LogP contribution in [0.5, 0.6) is 0 Å². The van der Waals surface area contributed by atoms with Crippen molar-refractivity contribution < 1.29 is 9.59 Å². The van der Waals surface area contributed by atoms with Gasteiger partial charge in [0.25, 0.3) is 0 Å². The van der Waals surface area contributed by atoms with Gasteiger partial charge in [-0.25, -0.2) is 9.59 Å². The molecule has 0 aromatic carbocycles. The van der Waals surface area contributed by atoms with Gasteiger partial charge >= 0.3 is 0 Å². The molecular weight excluding hydrogens is 142 g/mol. The summed E-state index contributed by atoms with van der Waals surface area (Å²) in [5.41, 5.74) is 1.11. The van der Waals surface area contributed by atoms with Crippen molar-refractivity contribution in [1.82, 2.24) is 0 Å². The molecule has 0 fully saturated rings. The summed E-state index contributed by atoms with van der Waals surface area (Å²) in [6.45, 7) is 0.